The van der Waals surface area contributed by atoms with E-state index >= 15 is 0 Å². The number of likely N-dealkylation sites (tertiary alicyclic amines) is 1. The maximum atomic E-state index is 12.7. The first-order valence-corrected chi connectivity index (χ1v) is 9.01. The molecule has 1 amide bonds. The van der Waals surface area contributed by atoms with Gasteiger partial charge in [-0.15, -0.1) is 0 Å². The second-order valence-electron chi connectivity index (χ2n) is 7.14. The van der Waals surface area contributed by atoms with E-state index in [1.54, 1.807) is 6.20 Å². The molecule has 1 atom stereocenters. The molecule has 25 heavy (non-hydrogen) atoms. The van der Waals surface area contributed by atoms with E-state index in [1.807, 2.05) is 18.0 Å². The number of aromatic amines is 1. The highest BCUT2D eigenvalue weighted by Gasteiger charge is 2.29. The van der Waals surface area contributed by atoms with Gasteiger partial charge in [0, 0.05) is 49.8 Å². The lowest BCUT2D eigenvalue weighted by Gasteiger charge is -2.32. The molecular weight excluding hydrogens is 316 g/mol. The number of nitrogens with zero attached hydrogens (tertiary/aromatic N) is 5. The highest BCUT2D eigenvalue weighted by molar-refractivity contribution is 5.90. The number of imidazole rings is 2. The lowest BCUT2D eigenvalue weighted by Crippen LogP contribution is -2.40. The van der Waals surface area contributed by atoms with E-state index in [0.29, 0.717) is 18.3 Å². The molecule has 7 heteroatoms. The molecule has 1 aliphatic rings. The van der Waals surface area contributed by atoms with E-state index in [9.17, 15) is 4.79 Å². The van der Waals surface area contributed by atoms with Gasteiger partial charge in [-0.3, -0.25) is 4.79 Å². The zero-order valence-electron chi connectivity index (χ0n) is 15.4. The molecule has 1 N–H and O–H groups in total. The summed E-state index contributed by atoms with van der Waals surface area (Å²) in [5.74, 6) is 1.82. The largest absolute Gasteiger partial charge is 0.338 e. The highest BCUT2D eigenvalue weighted by Crippen LogP contribution is 2.26. The van der Waals surface area contributed by atoms with Crippen LogP contribution in [0, 0.1) is 6.92 Å². The van der Waals surface area contributed by atoms with Crippen LogP contribution in [0.3, 0.4) is 0 Å². The van der Waals surface area contributed by atoms with Crippen LogP contribution in [0.5, 0.6) is 0 Å². The van der Waals surface area contributed by atoms with E-state index < -0.39 is 0 Å². The quantitative estimate of drug-likeness (QED) is 0.869. The molecule has 0 bridgehead atoms. The van der Waals surface area contributed by atoms with Crippen LogP contribution in [0.1, 0.15) is 47.3 Å². The molecule has 2 aromatic heterocycles. The van der Waals surface area contributed by atoms with Gasteiger partial charge in [0.05, 0.1) is 0 Å². The first-order chi connectivity index (χ1) is 12.0. The summed E-state index contributed by atoms with van der Waals surface area (Å²) in [4.78, 5) is 28.6. The molecule has 1 aliphatic heterocycles. The lowest BCUT2D eigenvalue weighted by atomic mass is 9.97. The average molecular weight is 344 g/mol. The summed E-state index contributed by atoms with van der Waals surface area (Å²) < 4.78 is 2.25. The summed E-state index contributed by atoms with van der Waals surface area (Å²) in [5, 5.41) is 0. The number of hydrogen-bond donors (Lipinski definition) is 1. The molecule has 0 saturated carbocycles. The minimum absolute atomic E-state index is 0.0106. The highest BCUT2D eigenvalue weighted by atomic mass is 16.2. The summed E-state index contributed by atoms with van der Waals surface area (Å²) in [7, 11) is 4.19. The molecule has 0 spiro atoms. The fraction of sp³-hybridized carbons (Fsp3) is 0.611. The topological polar surface area (TPSA) is 70.1 Å². The zero-order valence-corrected chi connectivity index (χ0v) is 15.4. The standard InChI is InChI=1S/C18H28N6O/c1-14-12-20-16(21-14)18(25)24-9-4-6-15(13-24)17-19-7-11-23(17)10-5-8-22(2)3/h7,11-12,15H,4-6,8-10,13H2,1-3H3,(H,20,21)/t15-/m0/s1. The molecule has 0 aromatic carbocycles. The van der Waals surface area contributed by atoms with Gasteiger partial charge in [-0.1, -0.05) is 0 Å². The van der Waals surface area contributed by atoms with Gasteiger partial charge in [0.1, 0.15) is 5.82 Å². The van der Waals surface area contributed by atoms with Crippen LogP contribution < -0.4 is 0 Å². The Morgan fingerprint density at radius 3 is 2.96 bits per heavy atom. The van der Waals surface area contributed by atoms with Crippen molar-refractivity contribution in [1.82, 2.24) is 29.3 Å². The van der Waals surface area contributed by atoms with E-state index in [1.165, 1.54) is 0 Å². The van der Waals surface area contributed by atoms with Gasteiger partial charge in [0.2, 0.25) is 0 Å². The van der Waals surface area contributed by atoms with Crippen molar-refractivity contribution in [2.24, 2.45) is 0 Å². The number of H-pyrrole nitrogens is 1. The maximum Gasteiger partial charge on any atom is 0.289 e. The zero-order chi connectivity index (χ0) is 17.8. The Balaban J connectivity index is 1.65. The molecule has 0 aliphatic carbocycles. The van der Waals surface area contributed by atoms with E-state index in [4.69, 9.17) is 0 Å². The Hall–Kier alpha value is -2.15. The van der Waals surface area contributed by atoms with Crippen molar-refractivity contribution in [2.75, 3.05) is 33.7 Å². The predicted octanol–water partition coefficient (Wildman–Crippen LogP) is 1.89. The van der Waals surface area contributed by atoms with Crippen LogP contribution in [0.2, 0.25) is 0 Å². The smallest absolute Gasteiger partial charge is 0.289 e. The van der Waals surface area contributed by atoms with Crippen LogP contribution in [0.15, 0.2) is 18.6 Å². The van der Waals surface area contributed by atoms with Crippen molar-refractivity contribution in [3.05, 3.63) is 35.9 Å². The average Bonchev–Trinajstić information content (AvgIpc) is 3.23. The normalized spacial score (nSPS) is 18.1. The summed E-state index contributed by atoms with van der Waals surface area (Å²) in [6, 6.07) is 0. The van der Waals surface area contributed by atoms with Crippen LogP contribution in [0.25, 0.3) is 0 Å². The van der Waals surface area contributed by atoms with Gasteiger partial charge < -0.3 is 19.4 Å². The Bertz CT molecular complexity index is 704. The molecule has 3 heterocycles. The number of piperidine rings is 1. The Morgan fingerprint density at radius 1 is 1.40 bits per heavy atom. The minimum atomic E-state index is -0.0106. The summed E-state index contributed by atoms with van der Waals surface area (Å²) >= 11 is 0. The number of carbonyl (C=O) groups excluding carboxylic acids is 1. The summed E-state index contributed by atoms with van der Waals surface area (Å²) in [5.41, 5.74) is 0.911. The van der Waals surface area contributed by atoms with Gasteiger partial charge >= 0.3 is 0 Å². The van der Waals surface area contributed by atoms with Crippen LogP contribution in [0.4, 0.5) is 0 Å². The molecule has 0 unspecified atom stereocenters. The van der Waals surface area contributed by atoms with Crippen molar-refractivity contribution >= 4 is 5.91 Å². The second kappa shape index (κ2) is 7.82. The second-order valence-corrected chi connectivity index (χ2v) is 7.14. The van der Waals surface area contributed by atoms with Gasteiger partial charge in [-0.05, 0) is 46.8 Å². The monoisotopic (exact) mass is 344 g/mol. The van der Waals surface area contributed by atoms with Crippen LogP contribution in [-0.2, 0) is 6.54 Å². The molecule has 1 saturated heterocycles. The fourth-order valence-corrected chi connectivity index (χ4v) is 3.47. The third-order valence-corrected chi connectivity index (χ3v) is 4.73. The van der Waals surface area contributed by atoms with Gasteiger partial charge in [-0.2, -0.15) is 0 Å². The minimum Gasteiger partial charge on any atom is -0.338 e. The number of hydrogen-bond acceptors (Lipinski definition) is 4. The van der Waals surface area contributed by atoms with Crippen molar-refractivity contribution in [3.8, 4) is 0 Å². The molecular formula is C18H28N6O. The molecule has 136 valence electrons. The van der Waals surface area contributed by atoms with Crippen molar-refractivity contribution < 1.29 is 4.79 Å². The van der Waals surface area contributed by atoms with Crippen molar-refractivity contribution in [3.63, 3.8) is 0 Å². The van der Waals surface area contributed by atoms with Gasteiger partial charge in [-0.25, -0.2) is 9.97 Å². The Labute approximate surface area is 149 Å². The van der Waals surface area contributed by atoms with Crippen LogP contribution >= 0.6 is 0 Å². The number of carbonyl (C=O) groups is 1. The SMILES string of the molecule is Cc1cnc(C(=O)N2CCC[C@H](c3nccn3CCCN(C)C)C2)[nH]1. The third kappa shape index (κ3) is 4.28. The van der Waals surface area contributed by atoms with Crippen molar-refractivity contribution in [1.29, 1.82) is 0 Å². The Morgan fingerprint density at radius 2 is 2.24 bits per heavy atom. The van der Waals surface area contributed by atoms with E-state index in [-0.39, 0.29) is 5.91 Å². The molecule has 2 aromatic rings. The van der Waals surface area contributed by atoms with Crippen LogP contribution in [-0.4, -0.2) is 69.0 Å². The Kier molecular flexibility index (Phi) is 5.53. The van der Waals surface area contributed by atoms with Gasteiger partial charge in [0.15, 0.2) is 5.82 Å². The maximum absolute atomic E-state index is 12.7. The number of nitrogens with one attached hydrogen (secondary N) is 1. The molecule has 3 rings (SSSR count). The first-order valence-electron chi connectivity index (χ1n) is 9.01. The van der Waals surface area contributed by atoms with E-state index in [0.717, 1.165) is 50.4 Å². The molecule has 7 nitrogen and oxygen atoms in total. The summed E-state index contributed by atoms with van der Waals surface area (Å²) in [6.45, 7) is 5.44. The summed E-state index contributed by atoms with van der Waals surface area (Å²) in [6.07, 6.45) is 8.80. The lowest BCUT2D eigenvalue weighted by molar-refractivity contribution is 0.0691. The van der Waals surface area contributed by atoms with Gasteiger partial charge in [0.25, 0.3) is 5.91 Å². The molecule has 1 fully saturated rings. The van der Waals surface area contributed by atoms with Crippen molar-refractivity contribution in [2.45, 2.75) is 38.6 Å². The number of aromatic nitrogens is 4. The van der Waals surface area contributed by atoms with E-state index in [2.05, 4.69) is 44.7 Å². The fourth-order valence-electron chi connectivity index (χ4n) is 3.47. The number of rotatable bonds is 6. The third-order valence-electron chi connectivity index (χ3n) is 4.73. The number of aryl methyl sites for hydroxylation is 2. The number of amides is 1. The predicted molar refractivity (Wildman–Crippen MR) is 96.6 cm³/mol. The molecule has 0 radical (unpaired) electrons. The first kappa shape index (κ1) is 17.7.